The molecule has 2 aliphatic carbocycles. The monoisotopic (exact) mass is 388 g/mol. The highest BCUT2D eigenvalue weighted by Gasteiger charge is 2.52. The summed E-state index contributed by atoms with van der Waals surface area (Å²) in [5, 5.41) is 1.92. The number of nitrogens with two attached hydrogens (primary N) is 1. The molecule has 2 saturated carbocycles. The highest BCUT2D eigenvalue weighted by atomic mass is 35.5. The lowest BCUT2D eigenvalue weighted by Gasteiger charge is -2.48. The van der Waals surface area contributed by atoms with E-state index in [9.17, 15) is 4.79 Å². The molecule has 0 saturated heterocycles. The average Bonchev–Trinajstić information content (AvgIpc) is 3.49. The van der Waals surface area contributed by atoms with Gasteiger partial charge in [0.2, 0.25) is 0 Å². The van der Waals surface area contributed by atoms with Crippen LogP contribution in [0.4, 0.5) is 0 Å². The predicted molar refractivity (Wildman–Crippen MR) is 111 cm³/mol. The third-order valence-corrected chi connectivity index (χ3v) is 7.28. The second-order valence-corrected chi connectivity index (χ2v) is 9.16. The van der Waals surface area contributed by atoms with Crippen molar-refractivity contribution >= 4 is 22.4 Å². The van der Waals surface area contributed by atoms with Gasteiger partial charge in [0.15, 0.2) is 0 Å². The molecule has 27 heavy (non-hydrogen) atoms. The summed E-state index contributed by atoms with van der Waals surface area (Å²) in [6.45, 7) is 4.38. The first-order chi connectivity index (χ1) is 12.9. The summed E-state index contributed by atoms with van der Waals surface area (Å²) in [5.74, 6) is 1.46. The van der Waals surface area contributed by atoms with Crippen molar-refractivity contribution in [2.45, 2.75) is 70.4 Å². The van der Waals surface area contributed by atoms with E-state index in [1.54, 1.807) is 12.3 Å². The molecule has 2 aromatic rings. The van der Waals surface area contributed by atoms with Gasteiger partial charge in [-0.1, -0.05) is 18.5 Å². The zero-order valence-corrected chi connectivity index (χ0v) is 16.9. The van der Waals surface area contributed by atoms with Crippen molar-refractivity contribution in [3.05, 3.63) is 39.8 Å². The van der Waals surface area contributed by atoms with Gasteiger partial charge in [0.05, 0.1) is 5.02 Å². The number of ether oxygens (including phenoxy) is 1. The summed E-state index contributed by atoms with van der Waals surface area (Å²) in [4.78, 5) is 14.6. The average molecular weight is 389 g/mol. The van der Waals surface area contributed by atoms with Gasteiger partial charge in [-0.25, -0.2) is 0 Å². The fraction of sp³-hybridized carbons (Fsp3) is 0.591. The lowest BCUT2D eigenvalue weighted by atomic mass is 9.62. The minimum absolute atomic E-state index is 0.132. The Labute approximate surface area is 165 Å². The van der Waals surface area contributed by atoms with Crippen LogP contribution in [0.15, 0.2) is 29.2 Å². The summed E-state index contributed by atoms with van der Waals surface area (Å²) in [6.07, 6.45) is 9.57. The first-order valence-electron chi connectivity index (χ1n) is 10.1. The van der Waals surface area contributed by atoms with E-state index in [1.807, 2.05) is 12.1 Å². The summed E-state index contributed by atoms with van der Waals surface area (Å²) >= 11 is 6.45. The summed E-state index contributed by atoms with van der Waals surface area (Å²) in [5.41, 5.74) is 6.48. The van der Waals surface area contributed by atoms with Crippen LogP contribution in [-0.2, 0) is 0 Å². The van der Waals surface area contributed by atoms with Crippen molar-refractivity contribution < 1.29 is 4.74 Å². The number of nitrogens with one attached hydrogen (secondary N) is 1. The first-order valence-corrected chi connectivity index (χ1v) is 10.5. The van der Waals surface area contributed by atoms with E-state index < -0.39 is 0 Å². The molecule has 2 aliphatic rings. The molecule has 1 aromatic heterocycles. The molecule has 0 spiro atoms. The van der Waals surface area contributed by atoms with Crippen LogP contribution in [0, 0.1) is 11.3 Å². The number of aromatic nitrogens is 1. The van der Waals surface area contributed by atoms with E-state index in [2.05, 4.69) is 18.8 Å². The third kappa shape index (κ3) is 3.38. The van der Waals surface area contributed by atoms with Crippen molar-refractivity contribution in [1.29, 1.82) is 0 Å². The van der Waals surface area contributed by atoms with E-state index in [0.717, 1.165) is 43.4 Å². The Morgan fingerprint density at radius 1 is 1.30 bits per heavy atom. The molecule has 2 fully saturated rings. The SMILES string of the molecule is CCC(N)C1(C2CC2)CCC(C)(Oc2cc3cc[nH]c(=O)c3cc2Cl)CC1. The van der Waals surface area contributed by atoms with Crippen molar-refractivity contribution in [2.75, 3.05) is 0 Å². The molecule has 1 aromatic carbocycles. The number of fused-ring (bicyclic) bond motifs is 1. The molecule has 0 amide bonds. The number of pyridine rings is 1. The standard InChI is InChI=1S/C22H29ClN2O2/c1-3-19(24)22(15-4-5-15)9-7-21(2,8-10-22)27-18-12-14-6-11-25-20(26)16(14)13-17(18)23/h6,11-13,15,19H,3-5,7-10,24H2,1-2H3,(H,25,26). The van der Waals surface area contributed by atoms with Crippen LogP contribution < -0.4 is 16.0 Å². The number of hydrogen-bond donors (Lipinski definition) is 2. The lowest BCUT2D eigenvalue weighted by Crippen LogP contribution is -2.50. The Kier molecular flexibility index (Phi) is 4.76. The van der Waals surface area contributed by atoms with Gasteiger partial charge >= 0.3 is 0 Å². The Morgan fingerprint density at radius 2 is 2.00 bits per heavy atom. The van der Waals surface area contributed by atoms with Crippen LogP contribution in [-0.4, -0.2) is 16.6 Å². The number of benzene rings is 1. The molecular weight excluding hydrogens is 360 g/mol. The van der Waals surface area contributed by atoms with Gasteiger partial charge in [0, 0.05) is 17.6 Å². The molecule has 3 N–H and O–H groups in total. The van der Waals surface area contributed by atoms with Gasteiger partial charge in [-0.05, 0) is 86.8 Å². The number of rotatable bonds is 5. The van der Waals surface area contributed by atoms with Gasteiger partial charge < -0.3 is 15.5 Å². The highest BCUT2D eigenvalue weighted by molar-refractivity contribution is 6.32. The molecular formula is C22H29ClN2O2. The van der Waals surface area contributed by atoms with Gasteiger partial charge in [-0.3, -0.25) is 4.79 Å². The second kappa shape index (κ2) is 6.82. The molecule has 0 aliphatic heterocycles. The third-order valence-electron chi connectivity index (χ3n) is 6.99. The van der Waals surface area contributed by atoms with Crippen molar-refractivity contribution in [3.8, 4) is 5.75 Å². The topological polar surface area (TPSA) is 68.1 Å². The maximum Gasteiger partial charge on any atom is 0.255 e. The van der Waals surface area contributed by atoms with Crippen LogP contribution in [0.3, 0.4) is 0 Å². The fourth-order valence-corrected chi connectivity index (χ4v) is 5.23. The van der Waals surface area contributed by atoms with Crippen LogP contribution in [0.1, 0.15) is 58.8 Å². The van der Waals surface area contributed by atoms with Gasteiger partial charge in [-0.15, -0.1) is 0 Å². The number of H-pyrrole nitrogens is 1. The van der Waals surface area contributed by atoms with Crippen molar-refractivity contribution in [2.24, 2.45) is 17.1 Å². The Morgan fingerprint density at radius 3 is 2.63 bits per heavy atom. The molecule has 1 atom stereocenters. The van der Waals surface area contributed by atoms with E-state index in [4.69, 9.17) is 22.1 Å². The number of halogens is 1. The molecule has 146 valence electrons. The smallest absolute Gasteiger partial charge is 0.255 e. The minimum Gasteiger partial charge on any atom is -0.486 e. The molecule has 1 heterocycles. The van der Waals surface area contributed by atoms with E-state index in [-0.39, 0.29) is 22.6 Å². The van der Waals surface area contributed by atoms with Crippen molar-refractivity contribution in [3.63, 3.8) is 0 Å². The van der Waals surface area contributed by atoms with Gasteiger partial charge in [-0.2, -0.15) is 0 Å². The maximum atomic E-state index is 12.0. The molecule has 5 heteroatoms. The van der Waals surface area contributed by atoms with Gasteiger partial charge in [0.1, 0.15) is 11.4 Å². The van der Waals surface area contributed by atoms with Crippen molar-refractivity contribution in [1.82, 2.24) is 4.98 Å². The Balaban J connectivity index is 1.56. The van der Waals surface area contributed by atoms with Crippen LogP contribution in [0.25, 0.3) is 10.8 Å². The number of hydrogen-bond acceptors (Lipinski definition) is 3. The Bertz CT molecular complexity index is 895. The Hall–Kier alpha value is -1.52. The molecule has 0 bridgehead atoms. The quantitative estimate of drug-likeness (QED) is 0.754. The zero-order valence-electron chi connectivity index (χ0n) is 16.2. The van der Waals surface area contributed by atoms with Crippen LogP contribution >= 0.6 is 11.6 Å². The largest absolute Gasteiger partial charge is 0.486 e. The van der Waals surface area contributed by atoms with Gasteiger partial charge in [0.25, 0.3) is 5.56 Å². The maximum absolute atomic E-state index is 12.0. The summed E-state index contributed by atoms with van der Waals surface area (Å²) in [6, 6.07) is 5.75. The first kappa shape index (κ1) is 18.8. The molecule has 0 radical (unpaired) electrons. The highest BCUT2D eigenvalue weighted by Crippen LogP contribution is 2.57. The molecule has 4 nitrogen and oxygen atoms in total. The van der Waals surface area contributed by atoms with E-state index >= 15 is 0 Å². The minimum atomic E-state index is -0.246. The number of aromatic amines is 1. The normalized spacial score (nSPS) is 29.6. The summed E-state index contributed by atoms with van der Waals surface area (Å²) in [7, 11) is 0. The fourth-order valence-electron chi connectivity index (χ4n) is 5.03. The van der Waals surface area contributed by atoms with E-state index in [0.29, 0.717) is 16.2 Å². The molecule has 4 rings (SSSR count). The second-order valence-electron chi connectivity index (χ2n) is 8.75. The van der Waals surface area contributed by atoms with Crippen LogP contribution in [0.5, 0.6) is 5.75 Å². The zero-order chi connectivity index (χ0) is 19.2. The lowest BCUT2D eigenvalue weighted by molar-refractivity contribution is -0.0181. The van der Waals surface area contributed by atoms with E-state index in [1.165, 1.54) is 12.8 Å². The summed E-state index contributed by atoms with van der Waals surface area (Å²) < 4.78 is 6.44. The predicted octanol–water partition coefficient (Wildman–Crippen LogP) is 5.03. The molecule has 1 unspecified atom stereocenters. The van der Waals surface area contributed by atoms with Crippen LogP contribution in [0.2, 0.25) is 5.02 Å².